The van der Waals surface area contributed by atoms with Crippen molar-refractivity contribution in [3.63, 3.8) is 0 Å². The van der Waals surface area contributed by atoms with Gasteiger partial charge in [-0.3, -0.25) is 4.79 Å². The summed E-state index contributed by atoms with van der Waals surface area (Å²) in [6.07, 6.45) is -5.34. The van der Waals surface area contributed by atoms with Crippen molar-refractivity contribution in [2.45, 2.75) is 18.1 Å². The zero-order valence-corrected chi connectivity index (χ0v) is 5.44. The van der Waals surface area contributed by atoms with E-state index < -0.39 is 31.0 Å². The van der Waals surface area contributed by atoms with Crippen LogP contribution in [0.1, 0.15) is 0 Å². The van der Waals surface area contributed by atoms with Gasteiger partial charge in [-0.1, -0.05) is 0 Å². The van der Waals surface area contributed by atoms with Crippen molar-refractivity contribution in [1.82, 2.24) is 0 Å². The third-order valence-corrected chi connectivity index (χ3v) is 1.10. The SMILES string of the molecule is O=CC(F)(F)[C@H](O)[C@H](O)CO. The lowest BCUT2D eigenvalue weighted by Gasteiger charge is -2.20. The molecule has 66 valence electrons. The average Bonchev–Trinajstić information content (AvgIpc) is 2.01. The average molecular weight is 170 g/mol. The predicted molar refractivity (Wildman–Crippen MR) is 30.1 cm³/mol. The van der Waals surface area contributed by atoms with Crippen LogP contribution < -0.4 is 0 Å². The van der Waals surface area contributed by atoms with E-state index in [0.29, 0.717) is 0 Å². The van der Waals surface area contributed by atoms with E-state index in [0.717, 1.165) is 0 Å². The molecule has 6 heteroatoms. The van der Waals surface area contributed by atoms with Crippen molar-refractivity contribution < 1.29 is 28.9 Å². The summed E-state index contributed by atoms with van der Waals surface area (Å²) < 4.78 is 24.2. The van der Waals surface area contributed by atoms with E-state index in [9.17, 15) is 13.6 Å². The summed E-state index contributed by atoms with van der Waals surface area (Å²) in [7, 11) is 0. The van der Waals surface area contributed by atoms with Crippen LogP contribution in [0.4, 0.5) is 8.78 Å². The molecule has 0 aromatic heterocycles. The second-order valence-electron chi connectivity index (χ2n) is 1.99. The van der Waals surface area contributed by atoms with E-state index >= 15 is 0 Å². The number of alkyl halides is 2. The van der Waals surface area contributed by atoms with Crippen molar-refractivity contribution in [1.29, 1.82) is 0 Å². The van der Waals surface area contributed by atoms with Gasteiger partial charge in [0.25, 0.3) is 0 Å². The van der Waals surface area contributed by atoms with Gasteiger partial charge >= 0.3 is 5.92 Å². The minimum Gasteiger partial charge on any atom is -0.394 e. The number of hydrogen-bond acceptors (Lipinski definition) is 4. The number of aldehydes is 1. The summed E-state index contributed by atoms with van der Waals surface area (Å²) in [6.45, 7) is -1.02. The molecular weight excluding hydrogens is 162 g/mol. The molecule has 0 aliphatic carbocycles. The lowest BCUT2D eigenvalue weighted by molar-refractivity contribution is -0.166. The maximum atomic E-state index is 12.1. The summed E-state index contributed by atoms with van der Waals surface area (Å²) >= 11 is 0. The molecule has 0 radical (unpaired) electrons. The Kier molecular flexibility index (Phi) is 3.50. The Bertz CT molecular complexity index is 138. The maximum Gasteiger partial charge on any atom is 0.330 e. The van der Waals surface area contributed by atoms with Crippen LogP contribution in [0.5, 0.6) is 0 Å². The summed E-state index contributed by atoms with van der Waals surface area (Å²) in [4.78, 5) is 9.59. The van der Waals surface area contributed by atoms with Gasteiger partial charge in [-0.05, 0) is 0 Å². The number of halogens is 2. The molecule has 2 atom stereocenters. The van der Waals surface area contributed by atoms with E-state index in [1.165, 1.54) is 0 Å². The van der Waals surface area contributed by atoms with Gasteiger partial charge in [-0.2, -0.15) is 8.78 Å². The van der Waals surface area contributed by atoms with Gasteiger partial charge in [0.05, 0.1) is 6.61 Å². The fourth-order valence-corrected chi connectivity index (χ4v) is 0.426. The molecule has 0 aliphatic rings. The lowest BCUT2D eigenvalue weighted by Crippen LogP contribution is -2.45. The van der Waals surface area contributed by atoms with Crippen molar-refractivity contribution >= 4 is 6.29 Å². The van der Waals surface area contributed by atoms with Crippen molar-refractivity contribution in [2.24, 2.45) is 0 Å². The second-order valence-corrected chi connectivity index (χ2v) is 1.99. The standard InChI is InChI=1S/C5H8F2O4/c6-5(7,2-9)4(11)3(10)1-8/h2-4,8,10-11H,1H2/t3-,4-/m1/s1. The number of carbonyl (C=O) groups excluding carboxylic acids is 1. The third-order valence-electron chi connectivity index (χ3n) is 1.10. The Labute approximate surface area is 61.1 Å². The molecule has 3 N–H and O–H groups in total. The molecule has 0 unspecified atom stereocenters. The van der Waals surface area contributed by atoms with Crippen LogP contribution in [0.15, 0.2) is 0 Å². The highest BCUT2D eigenvalue weighted by Crippen LogP contribution is 2.17. The highest BCUT2D eigenvalue weighted by molar-refractivity contribution is 5.60. The maximum absolute atomic E-state index is 12.1. The first-order valence-corrected chi connectivity index (χ1v) is 2.77. The lowest BCUT2D eigenvalue weighted by atomic mass is 10.1. The first kappa shape index (κ1) is 10.4. The normalized spacial score (nSPS) is 17.5. The number of carbonyl (C=O) groups is 1. The zero-order chi connectivity index (χ0) is 9.07. The van der Waals surface area contributed by atoms with E-state index in [4.69, 9.17) is 15.3 Å². The predicted octanol–water partition coefficient (Wildman–Crippen LogP) is -1.47. The van der Waals surface area contributed by atoms with Crippen LogP contribution in [0.2, 0.25) is 0 Å². The number of hydrogen-bond donors (Lipinski definition) is 3. The summed E-state index contributed by atoms with van der Waals surface area (Å²) in [5.41, 5.74) is 0. The first-order chi connectivity index (χ1) is 4.95. The molecule has 4 nitrogen and oxygen atoms in total. The minimum atomic E-state index is -4.01. The van der Waals surface area contributed by atoms with Crippen molar-refractivity contribution in [3.8, 4) is 0 Å². The fraction of sp³-hybridized carbons (Fsp3) is 0.800. The molecule has 0 fully saturated rings. The Morgan fingerprint density at radius 3 is 2.18 bits per heavy atom. The first-order valence-electron chi connectivity index (χ1n) is 2.77. The van der Waals surface area contributed by atoms with Crippen molar-refractivity contribution in [2.75, 3.05) is 6.61 Å². The van der Waals surface area contributed by atoms with Gasteiger partial charge in [-0.15, -0.1) is 0 Å². The van der Waals surface area contributed by atoms with Gasteiger partial charge in [0.1, 0.15) is 6.10 Å². The minimum absolute atomic E-state index is 0.781. The topological polar surface area (TPSA) is 77.8 Å². The smallest absolute Gasteiger partial charge is 0.330 e. The Balaban J connectivity index is 4.21. The molecule has 0 heterocycles. The molecule has 0 aliphatic heterocycles. The molecule has 0 aromatic carbocycles. The number of aliphatic hydroxyl groups excluding tert-OH is 3. The number of rotatable bonds is 4. The van der Waals surface area contributed by atoms with Crippen LogP contribution >= 0.6 is 0 Å². The van der Waals surface area contributed by atoms with E-state index in [1.807, 2.05) is 0 Å². The molecule has 11 heavy (non-hydrogen) atoms. The van der Waals surface area contributed by atoms with Gasteiger partial charge in [0, 0.05) is 0 Å². The van der Waals surface area contributed by atoms with E-state index in [-0.39, 0.29) is 0 Å². The monoisotopic (exact) mass is 170 g/mol. The quantitative estimate of drug-likeness (QED) is 0.450. The molecule has 0 rings (SSSR count). The summed E-state index contributed by atoms with van der Waals surface area (Å²) in [5.74, 6) is -4.01. The molecule has 0 saturated heterocycles. The Hall–Kier alpha value is -0.590. The van der Waals surface area contributed by atoms with Gasteiger partial charge in [-0.25, -0.2) is 0 Å². The summed E-state index contributed by atoms with van der Waals surface area (Å²) in [6, 6.07) is 0. The molecule has 0 saturated carbocycles. The molecular formula is C5H8F2O4. The van der Waals surface area contributed by atoms with Crippen LogP contribution in [0, 0.1) is 0 Å². The Morgan fingerprint density at radius 1 is 1.45 bits per heavy atom. The highest BCUT2D eigenvalue weighted by Gasteiger charge is 2.42. The van der Waals surface area contributed by atoms with Gasteiger partial charge in [0.2, 0.25) is 0 Å². The molecule has 0 spiro atoms. The van der Waals surface area contributed by atoms with Crippen LogP contribution in [0.25, 0.3) is 0 Å². The molecule has 0 amide bonds. The van der Waals surface area contributed by atoms with E-state index in [2.05, 4.69) is 0 Å². The van der Waals surface area contributed by atoms with Gasteiger partial charge < -0.3 is 15.3 Å². The van der Waals surface area contributed by atoms with Crippen LogP contribution in [0.3, 0.4) is 0 Å². The second kappa shape index (κ2) is 3.70. The number of aliphatic hydroxyl groups is 3. The van der Waals surface area contributed by atoms with E-state index in [1.54, 1.807) is 0 Å². The van der Waals surface area contributed by atoms with Gasteiger partial charge in [0.15, 0.2) is 12.4 Å². The van der Waals surface area contributed by atoms with Crippen LogP contribution in [-0.4, -0.2) is 46.3 Å². The summed E-state index contributed by atoms with van der Waals surface area (Å²) in [5, 5.41) is 25.0. The molecule has 0 bridgehead atoms. The highest BCUT2D eigenvalue weighted by atomic mass is 19.3. The largest absolute Gasteiger partial charge is 0.394 e. The third kappa shape index (κ3) is 2.49. The van der Waals surface area contributed by atoms with Crippen LogP contribution in [-0.2, 0) is 4.79 Å². The van der Waals surface area contributed by atoms with Crippen molar-refractivity contribution in [3.05, 3.63) is 0 Å². The fourth-order valence-electron chi connectivity index (χ4n) is 0.426. The molecule has 0 aromatic rings. The Morgan fingerprint density at radius 2 is 1.91 bits per heavy atom. The zero-order valence-electron chi connectivity index (χ0n) is 5.44.